The first-order chi connectivity index (χ1) is 4.35. The quantitative estimate of drug-likeness (QED) is 0.527. The van der Waals surface area contributed by atoms with Gasteiger partial charge in [-0.15, -0.1) is 0 Å². The minimum absolute atomic E-state index is 0.541. The minimum atomic E-state index is 0.541. The Balaban J connectivity index is 3.43. The van der Waals surface area contributed by atoms with Crippen LogP contribution in [0.2, 0.25) is 0 Å². The molecule has 0 N–H and O–H groups in total. The lowest BCUT2D eigenvalue weighted by molar-refractivity contribution is 0.233. The van der Waals surface area contributed by atoms with E-state index in [-0.39, 0.29) is 0 Å². The van der Waals surface area contributed by atoms with Gasteiger partial charge in [0.1, 0.15) is 0 Å². The summed E-state index contributed by atoms with van der Waals surface area (Å²) in [5.41, 5.74) is 0. The number of hydrogen-bond acceptors (Lipinski definition) is 1. The Labute approximate surface area is 57.7 Å². The largest absolute Gasteiger partial charge is 0.498 e. The van der Waals surface area contributed by atoms with E-state index in [1.165, 1.54) is 0 Å². The van der Waals surface area contributed by atoms with Crippen LogP contribution in [0.1, 0.15) is 26.7 Å². The second-order valence-corrected chi connectivity index (χ2v) is 1.85. The van der Waals surface area contributed by atoms with Crippen LogP contribution in [0.3, 0.4) is 0 Å². The highest BCUT2D eigenvalue weighted by Gasteiger charge is 1.90. The first kappa shape index (κ1) is 8.54. The predicted octanol–water partition coefficient (Wildman–Crippen LogP) is 2.54. The summed E-state index contributed by atoms with van der Waals surface area (Å²) in [6.07, 6.45) is 4.17. The van der Waals surface area contributed by atoms with E-state index >= 15 is 0 Å². The van der Waals surface area contributed by atoms with E-state index in [1.54, 1.807) is 0 Å². The van der Waals surface area contributed by atoms with E-state index in [1.807, 2.05) is 13.0 Å². The second-order valence-electron chi connectivity index (χ2n) is 1.85. The highest BCUT2D eigenvalue weighted by atomic mass is 16.5. The summed E-state index contributed by atoms with van der Waals surface area (Å²) in [4.78, 5) is 0. The third-order valence-corrected chi connectivity index (χ3v) is 1.11. The van der Waals surface area contributed by atoms with Crippen molar-refractivity contribution in [3.8, 4) is 0 Å². The minimum Gasteiger partial charge on any atom is -0.498 e. The van der Waals surface area contributed by atoms with Gasteiger partial charge >= 0.3 is 0 Å². The summed E-state index contributed by atoms with van der Waals surface area (Å²) in [5, 5.41) is 0. The predicted molar refractivity (Wildman–Crippen MR) is 40.0 cm³/mol. The maximum Gasteiger partial charge on any atom is 0.0917 e. The molecule has 0 aromatic heterocycles. The van der Waals surface area contributed by atoms with Crippen LogP contribution in [0.15, 0.2) is 11.8 Å². The van der Waals surface area contributed by atoms with Gasteiger partial charge in [-0.05, 0) is 26.3 Å². The van der Waals surface area contributed by atoms with Crippen LogP contribution in [-0.4, -0.2) is 6.61 Å². The van der Waals surface area contributed by atoms with E-state index in [4.69, 9.17) is 4.74 Å². The van der Waals surface area contributed by atoms with E-state index in [9.17, 15) is 0 Å². The van der Waals surface area contributed by atoms with Crippen molar-refractivity contribution in [3.05, 3.63) is 18.8 Å². The molecule has 0 aliphatic heterocycles. The molecule has 0 amide bonds. The van der Waals surface area contributed by atoms with Crippen LogP contribution in [0.25, 0.3) is 0 Å². The molecular formula is C8H15O. The summed E-state index contributed by atoms with van der Waals surface area (Å²) in [7, 11) is 0. The smallest absolute Gasteiger partial charge is 0.0917 e. The zero-order chi connectivity index (χ0) is 7.11. The molecule has 0 aromatic carbocycles. The molecule has 9 heavy (non-hydrogen) atoms. The van der Waals surface area contributed by atoms with E-state index in [2.05, 4.69) is 13.8 Å². The lowest BCUT2D eigenvalue weighted by atomic mass is 10.3. The van der Waals surface area contributed by atoms with Gasteiger partial charge in [-0.3, -0.25) is 0 Å². The zero-order valence-electron chi connectivity index (χ0n) is 6.31. The Morgan fingerprint density at radius 2 is 2.33 bits per heavy atom. The molecule has 0 bridgehead atoms. The average molecular weight is 127 g/mol. The van der Waals surface area contributed by atoms with Crippen molar-refractivity contribution in [2.45, 2.75) is 26.7 Å². The molecule has 0 unspecified atom stereocenters. The Kier molecular flexibility index (Phi) is 5.38. The molecule has 0 atom stereocenters. The fraction of sp³-hybridized carbons (Fsp3) is 0.625. The molecule has 0 saturated heterocycles. The van der Waals surface area contributed by atoms with Gasteiger partial charge in [0.2, 0.25) is 0 Å². The highest BCUT2D eigenvalue weighted by Crippen LogP contribution is 2.04. The summed E-state index contributed by atoms with van der Waals surface area (Å²) < 4.78 is 5.18. The molecule has 0 fully saturated rings. The monoisotopic (exact) mass is 127 g/mol. The maximum absolute atomic E-state index is 5.18. The number of hydrogen-bond donors (Lipinski definition) is 0. The lowest BCUT2D eigenvalue weighted by Crippen LogP contribution is -1.90. The first-order valence-corrected chi connectivity index (χ1v) is 3.42. The normalized spacial score (nSPS) is 11.7. The molecule has 0 rings (SSSR count). The SMILES string of the molecule is [CH2]COC(=CC)CCC. The Hall–Kier alpha value is -0.460. The number of allylic oxidation sites excluding steroid dienone is 2. The molecule has 1 nitrogen and oxygen atoms in total. The van der Waals surface area contributed by atoms with Crippen molar-refractivity contribution in [3.63, 3.8) is 0 Å². The van der Waals surface area contributed by atoms with Gasteiger partial charge in [-0.25, -0.2) is 0 Å². The van der Waals surface area contributed by atoms with Crippen LogP contribution < -0.4 is 0 Å². The Morgan fingerprint density at radius 1 is 1.67 bits per heavy atom. The fourth-order valence-corrected chi connectivity index (χ4v) is 0.677. The molecule has 0 aliphatic rings. The Bertz CT molecular complexity index is 76.6. The van der Waals surface area contributed by atoms with Crippen molar-refractivity contribution in [1.29, 1.82) is 0 Å². The van der Waals surface area contributed by atoms with Gasteiger partial charge in [0.05, 0.1) is 12.4 Å². The van der Waals surface area contributed by atoms with Crippen LogP contribution in [-0.2, 0) is 4.74 Å². The summed E-state index contributed by atoms with van der Waals surface area (Å²) >= 11 is 0. The summed E-state index contributed by atoms with van der Waals surface area (Å²) in [6, 6.07) is 0. The molecule has 1 radical (unpaired) electrons. The highest BCUT2D eigenvalue weighted by molar-refractivity contribution is 4.89. The van der Waals surface area contributed by atoms with E-state index in [0.717, 1.165) is 18.6 Å². The molecule has 0 saturated carbocycles. The summed E-state index contributed by atoms with van der Waals surface area (Å²) in [6.45, 7) is 8.26. The van der Waals surface area contributed by atoms with Gasteiger partial charge < -0.3 is 4.74 Å². The van der Waals surface area contributed by atoms with Crippen molar-refractivity contribution in [2.24, 2.45) is 0 Å². The Morgan fingerprint density at radius 3 is 2.67 bits per heavy atom. The van der Waals surface area contributed by atoms with Gasteiger partial charge in [0, 0.05) is 6.42 Å². The third-order valence-electron chi connectivity index (χ3n) is 1.11. The topological polar surface area (TPSA) is 9.23 Å². The van der Waals surface area contributed by atoms with Crippen LogP contribution in [0, 0.1) is 6.92 Å². The van der Waals surface area contributed by atoms with Gasteiger partial charge in [0.15, 0.2) is 0 Å². The fourth-order valence-electron chi connectivity index (χ4n) is 0.677. The molecular weight excluding hydrogens is 112 g/mol. The van der Waals surface area contributed by atoms with Crippen molar-refractivity contribution in [2.75, 3.05) is 6.61 Å². The standard InChI is InChI=1S/C8H15O/c1-4-7-8(5-2)9-6-3/h5H,3-4,6-7H2,1-2H3. The molecule has 53 valence electrons. The van der Waals surface area contributed by atoms with Crippen LogP contribution >= 0.6 is 0 Å². The molecule has 1 heteroatoms. The van der Waals surface area contributed by atoms with Crippen molar-refractivity contribution >= 4 is 0 Å². The third kappa shape index (κ3) is 4.07. The maximum atomic E-state index is 5.18. The van der Waals surface area contributed by atoms with Crippen molar-refractivity contribution in [1.82, 2.24) is 0 Å². The number of rotatable bonds is 4. The average Bonchev–Trinajstić information content (AvgIpc) is 1.88. The van der Waals surface area contributed by atoms with Crippen molar-refractivity contribution < 1.29 is 4.74 Å². The first-order valence-electron chi connectivity index (χ1n) is 3.42. The molecule has 0 aromatic rings. The van der Waals surface area contributed by atoms with Gasteiger partial charge in [-0.2, -0.15) is 0 Å². The van der Waals surface area contributed by atoms with E-state index < -0.39 is 0 Å². The lowest BCUT2D eigenvalue weighted by Gasteiger charge is -2.04. The van der Waals surface area contributed by atoms with Gasteiger partial charge in [-0.1, -0.05) is 6.92 Å². The second kappa shape index (κ2) is 5.67. The zero-order valence-corrected chi connectivity index (χ0v) is 6.31. The van der Waals surface area contributed by atoms with Gasteiger partial charge in [0.25, 0.3) is 0 Å². The summed E-state index contributed by atoms with van der Waals surface area (Å²) in [5.74, 6) is 1.06. The molecule has 0 aliphatic carbocycles. The van der Waals surface area contributed by atoms with E-state index in [0.29, 0.717) is 6.61 Å². The molecule has 0 heterocycles. The van der Waals surface area contributed by atoms with Crippen LogP contribution in [0.5, 0.6) is 0 Å². The molecule has 0 spiro atoms. The van der Waals surface area contributed by atoms with Crippen LogP contribution in [0.4, 0.5) is 0 Å². The number of ether oxygens (including phenoxy) is 1.